The van der Waals surface area contributed by atoms with Crippen molar-refractivity contribution in [3.8, 4) is 17.1 Å². The molecule has 2 aromatic carbocycles. The molecule has 0 saturated heterocycles. The lowest BCUT2D eigenvalue weighted by Crippen LogP contribution is -2.28. The maximum Gasteiger partial charge on any atom is 0.264 e. The molecule has 4 aromatic rings. The van der Waals surface area contributed by atoms with Gasteiger partial charge in [0.25, 0.3) is 5.56 Å². The van der Waals surface area contributed by atoms with Gasteiger partial charge in [0.05, 0.1) is 7.11 Å². The second-order valence-corrected chi connectivity index (χ2v) is 7.26. The van der Waals surface area contributed by atoms with Crippen LogP contribution in [0.5, 0.6) is 5.75 Å². The van der Waals surface area contributed by atoms with Crippen molar-refractivity contribution in [2.75, 3.05) is 12.4 Å². The molecule has 0 bridgehead atoms. The van der Waals surface area contributed by atoms with Crippen molar-refractivity contribution in [1.29, 1.82) is 0 Å². The van der Waals surface area contributed by atoms with E-state index in [0.717, 1.165) is 16.9 Å². The number of hydrogen-bond donors (Lipinski definition) is 1. The molecule has 0 spiro atoms. The third kappa shape index (κ3) is 4.39. The van der Waals surface area contributed by atoms with E-state index >= 15 is 0 Å². The van der Waals surface area contributed by atoms with Crippen molar-refractivity contribution < 1.29 is 9.53 Å². The smallest absolute Gasteiger partial charge is 0.264 e. The zero-order valence-corrected chi connectivity index (χ0v) is 17.6. The van der Waals surface area contributed by atoms with Gasteiger partial charge in [-0.25, -0.2) is 15.0 Å². The summed E-state index contributed by atoms with van der Waals surface area (Å²) in [6.45, 7) is 1.67. The molecular formula is C22H18ClN5O3. The Balaban J connectivity index is 1.56. The molecule has 0 atom stereocenters. The molecule has 9 heteroatoms. The fourth-order valence-electron chi connectivity index (χ4n) is 2.97. The Kier molecular flexibility index (Phi) is 5.64. The highest BCUT2D eigenvalue weighted by atomic mass is 35.5. The predicted octanol–water partition coefficient (Wildman–Crippen LogP) is 3.46. The zero-order valence-electron chi connectivity index (χ0n) is 16.8. The molecule has 2 aromatic heterocycles. The minimum Gasteiger partial charge on any atom is -0.497 e. The highest BCUT2D eigenvalue weighted by Gasteiger charge is 2.12. The van der Waals surface area contributed by atoms with Gasteiger partial charge in [-0.2, -0.15) is 0 Å². The van der Waals surface area contributed by atoms with Gasteiger partial charge in [-0.3, -0.25) is 14.2 Å². The van der Waals surface area contributed by atoms with Gasteiger partial charge in [-0.05, 0) is 48.9 Å². The number of methoxy groups -OCH3 is 1. The third-order valence-electron chi connectivity index (χ3n) is 4.70. The number of carbonyl (C=O) groups excluding carboxylic acids is 1. The number of benzene rings is 2. The Morgan fingerprint density at radius 3 is 2.65 bits per heavy atom. The number of ether oxygens (including phenoxy) is 1. The topological polar surface area (TPSA) is 99.0 Å². The van der Waals surface area contributed by atoms with E-state index in [9.17, 15) is 9.59 Å². The first-order chi connectivity index (χ1) is 14.9. The van der Waals surface area contributed by atoms with E-state index < -0.39 is 5.56 Å². The molecule has 0 aliphatic rings. The van der Waals surface area contributed by atoms with E-state index in [0.29, 0.717) is 16.5 Å². The van der Waals surface area contributed by atoms with Crippen LogP contribution < -0.4 is 15.6 Å². The van der Waals surface area contributed by atoms with Crippen molar-refractivity contribution >= 4 is 34.2 Å². The van der Waals surface area contributed by atoms with Gasteiger partial charge in [0.1, 0.15) is 24.0 Å². The second kappa shape index (κ2) is 8.53. The average molecular weight is 436 g/mol. The Morgan fingerprint density at radius 1 is 1.16 bits per heavy atom. The minimum absolute atomic E-state index is 0.201. The van der Waals surface area contributed by atoms with E-state index in [1.165, 1.54) is 17.1 Å². The number of hydrogen-bond acceptors (Lipinski definition) is 6. The van der Waals surface area contributed by atoms with Gasteiger partial charge >= 0.3 is 0 Å². The number of halogens is 1. The Bertz CT molecular complexity index is 1340. The van der Waals surface area contributed by atoms with Crippen molar-refractivity contribution in [2.24, 2.45) is 0 Å². The van der Waals surface area contributed by atoms with Crippen molar-refractivity contribution in [3.63, 3.8) is 0 Å². The standard InChI is InChI=1S/C22H18ClN5O3/c1-13-3-6-15(9-18(13)23)26-19(29)11-28-12-25-21-17(22(28)30)10-24-20(27-21)14-4-7-16(31-2)8-5-14/h3-10,12H,11H2,1-2H3,(H,26,29). The molecule has 4 rings (SSSR count). The van der Waals surface area contributed by atoms with Crippen LogP contribution in [-0.4, -0.2) is 32.5 Å². The van der Waals surface area contributed by atoms with Crippen LogP contribution in [0.2, 0.25) is 5.02 Å². The first-order valence-electron chi connectivity index (χ1n) is 9.37. The molecule has 8 nitrogen and oxygen atoms in total. The van der Waals surface area contributed by atoms with Crippen molar-refractivity contribution in [2.45, 2.75) is 13.5 Å². The summed E-state index contributed by atoms with van der Waals surface area (Å²) in [4.78, 5) is 38.0. The molecule has 0 aliphatic heterocycles. The molecule has 1 amide bonds. The van der Waals surface area contributed by atoms with E-state index in [-0.39, 0.29) is 23.5 Å². The second-order valence-electron chi connectivity index (χ2n) is 6.85. The summed E-state index contributed by atoms with van der Waals surface area (Å²) in [5, 5.41) is 3.50. The monoisotopic (exact) mass is 435 g/mol. The number of aryl methyl sites for hydroxylation is 1. The number of aromatic nitrogens is 4. The number of amides is 1. The van der Waals surface area contributed by atoms with Crippen molar-refractivity contribution in [3.05, 3.63) is 75.9 Å². The summed E-state index contributed by atoms with van der Waals surface area (Å²) in [5.74, 6) is 0.782. The molecule has 0 fully saturated rings. The van der Waals surface area contributed by atoms with Crippen LogP contribution in [0, 0.1) is 6.92 Å². The summed E-state index contributed by atoms with van der Waals surface area (Å²) in [6, 6.07) is 12.5. The van der Waals surface area contributed by atoms with Gasteiger partial charge in [0, 0.05) is 22.5 Å². The van der Waals surface area contributed by atoms with Gasteiger partial charge in [-0.15, -0.1) is 0 Å². The average Bonchev–Trinajstić information content (AvgIpc) is 2.78. The third-order valence-corrected chi connectivity index (χ3v) is 5.10. The molecule has 0 radical (unpaired) electrons. The molecule has 0 unspecified atom stereocenters. The van der Waals surface area contributed by atoms with Crippen LogP contribution >= 0.6 is 11.6 Å². The molecular weight excluding hydrogens is 418 g/mol. The fourth-order valence-corrected chi connectivity index (χ4v) is 3.15. The summed E-state index contributed by atoms with van der Waals surface area (Å²) in [5.41, 5.74) is 2.08. The van der Waals surface area contributed by atoms with E-state index in [1.807, 2.05) is 19.1 Å². The number of nitrogens with zero attached hydrogens (tertiary/aromatic N) is 4. The van der Waals surface area contributed by atoms with Crippen LogP contribution in [-0.2, 0) is 11.3 Å². The Hall–Kier alpha value is -3.78. The molecule has 1 N–H and O–H groups in total. The minimum atomic E-state index is -0.400. The first-order valence-corrected chi connectivity index (χ1v) is 9.75. The van der Waals surface area contributed by atoms with E-state index in [1.54, 1.807) is 37.4 Å². The maximum atomic E-state index is 12.8. The first kappa shape index (κ1) is 20.5. The van der Waals surface area contributed by atoms with Crippen LogP contribution in [0.1, 0.15) is 5.56 Å². The molecule has 2 heterocycles. The van der Waals surface area contributed by atoms with Crippen LogP contribution in [0.3, 0.4) is 0 Å². The van der Waals surface area contributed by atoms with Gasteiger partial charge in [0.2, 0.25) is 5.91 Å². The maximum absolute atomic E-state index is 12.8. The SMILES string of the molecule is COc1ccc(-c2ncc3c(=O)n(CC(=O)Nc4ccc(C)c(Cl)c4)cnc3n2)cc1. The van der Waals surface area contributed by atoms with E-state index in [4.69, 9.17) is 16.3 Å². The number of anilines is 1. The number of carbonyl (C=O) groups is 1. The lowest BCUT2D eigenvalue weighted by atomic mass is 10.2. The normalized spacial score (nSPS) is 10.8. The molecule has 0 aliphatic carbocycles. The number of fused-ring (bicyclic) bond motifs is 1. The van der Waals surface area contributed by atoms with Crippen LogP contribution in [0.15, 0.2) is 59.8 Å². The van der Waals surface area contributed by atoms with Crippen LogP contribution in [0.25, 0.3) is 22.4 Å². The quantitative estimate of drug-likeness (QED) is 0.515. The molecule has 156 valence electrons. The van der Waals surface area contributed by atoms with Crippen LogP contribution in [0.4, 0.5) is 5.69 Å². The summed E-state index contributed by atoms with van der Waals surface area (Å²) < 4.78 is 6.36. The van der Waals surface area contributed by atoms with Gasteiger partial charge in [0.15, 0.2) is 11.5 Å². The van der Waals surface area contributed by atoms with Crippen molar-refractivity contribution in [1.82, 2.24) is 19.5 Å². The lowest BCUT2D eigenvalue weighted by molar-refractivity contribution is -0.116. The van der Waals surface area contributed by atoms with E-state index in [2.05, 4.69) is 20.3 Å². The summed E-state index contributed by atoms with van der Waals surface area (Å²) in [7, 11) is 1.59. The largest absolute Gasteiger partial charge is 0.497 e. The lowest BCUT2D eigenvalue weighted by Gasteiger charge is -2.09. The summed E-state index contributed by atoms with van der Waals surface area (Å²) >= 11 is 6.08. The van der Waals surface area contributed by atoms with Gasteiger partial charge in [-0.1, -0.05) is 17.7 Å². The highest BCUT2D eigenvalue weighted by molar-refractivity contribution is 6.31. The highest BCUT2D eigenvalue weighted by Crippen LogP contribution is 2.21. The van der Waals surface area contributed by atoms with Gasteiger partial charge < -0.3 is 10.1 Å². The summed E-state index contributed by atoms with van der Waals surface area (Å²) in [6.07, 6.45) is 2.72. The molecule has 31 heavy (non-hydrogen) atoms. The fraction of sp³-hybridized carbons (Fsp3) is 0.136. The number of rotatable bonds is 5. The number of nitrogens with one attached hydrogen (secondary N) is 1. The molecule has 0 saturated carbocycles. The predicted molar refractivity (Wildman–Crippen MR) is 118 cm³/mol. The zero-order chi connectivity index (χ0) is 22.0. The Labute approximate surface area is 182 Å². The Morgan fingerprint density at radius 2 is 1.94 bits per heavy atom.